The number of aliphatic hydroxyl groups is 2. The minimum atomic E-state index is -5.79. The average molecular weight is 1010 g/mol. The molecule has 0 amide bonds. The molecule has 1 aliphatic rings. The number of hydrogen-bond donors (Lipinski definition) is 9. The van der Waals surface area contributed by atoms with Gasteiger partial charge in [-0.1, -0.05) is 121 Å². The molecule has 0 aromatic rings. The Morgan fingerprint density at radius 1 is 0.547 bits per heavy atom. The number of esters is 2. The highest BCUT2D eigenvalue weighted by Gasteiger charge is 2.59. The van der Waals surface area contributed by atoms with E-state index in [0.717, 1.165) is 57.8 Å². The maximum absolute atomic E-state index is 13.2. The number of carbonyl (C=O) groups excluding carboxylic acids is 2. The van der Waals surface area contributed by atoms with E-state index in [1.807, 2.05) is 0 Å². The number of ether oxygens (including phenoxy) is 2. The minimum Gasteiger partial charge on any atom is -0.462 e. The summed E-state index contributed by atoms with van der Waals surface area (Å²) in [6.07, 6.45) is 1.18. The third-order valence-electron chi connectivity index (χ3n) is 9.86. The van der Waals surface area contributed by atoms with Gasteiger partial charge in [-0.25, -0.2) is 18.3 Å². The molecule has 1 saturated carbocycles. The Kier molecular flexibility index (Phi) is 30.7. The van der Waals surface area contributed by atoms with E-state index in [2.05, 4.69) is 30.5 Å². The van der Waals surface area contributed by atoms with E-state index < -0.39 is 99.2 Å². The van der Waals surface area contributed by atoms with Crippen LogP contribution in [-0.4, -0.2) is 119 Å². The van der Waals surface area contributed by atoms with Crippen molar-refractivity contribution in [3.8, 4) is 0 Å². The number of aliphatic hydroxyl groups excluding tert-OH is 2. The van der Waals surface area contributed by atoms with E-state index in [9.17, 15) is 72.3 Å². The second kappa shape index (κ2) is 32.4. The standard InChI is InChI=1S/C35H69N3O22P4/c1-2-3-4-5-6-7-8-9-10-11-13-17-20-23-29(40)56-27(25-54-28(39)22-19-16-14-12-15-18-21-24-37-38-36)26-55-64(52,53)60-32-30(41)33(57-61(43,44)45)35(59-63(49,50)51)34(31(32)42)58-62(46,47)48/h27,30-35,41-42H,2-26H2,1H3,(H,52,53)(H2,43,44,45)(H2,46,47,48)(H2,49,50,51)/t27-,30-,31?,32?,33-,34+,35?/m1/s1. The lowest BCUT2D eigenvalue weighted by molar-refractivity contribution is -0.209. The first-order valence-electron chi connectivity index (χ1n) is 21.6. The summed E-state index contributed by atoms with van der Waals surface area (Å²) in [4.78, 5) is 95.0. The van der Waals surface area contributed by atoms with Crippen molar-refractivity contribution in [1.29, 1.82) is 0 Å². The van der Waals surface area contributed by atoms with Crippen molar-refractivity contribution in [2.45, 2.75) is 191 Å². The molecule has 1 rings (SSSR count). The molecule has 0 heterocycles. The van der Waals surface area contributed by atoms with Crippen LogP contribution in [-0.2, 0) is 59.9 Å². The highest BCUT2D eigenvalue weighted by atomic mass is 31.2. The molecule has 8 atom stereocenters. The van der Waals surface area contributed by atoms with Crippen molar-refractivity contribution in [3.63, 3.8) is 0 Å². The van der Waals surface area contributed by atoms with Crippen molar-refractivity contribution in [2.24, 2.45) is 5.11 Å². The summed E-state index contributed by atoms with van der Waals surface area (Å²) >= 11 is 0. The van der Waals surface area contributed by atoms with Gasteiger partial charge in [-0.15, -0.1) is 0 Å². The zero-order chi connectivity index (χ0) is 48.2. The van der Waals surface area contributed by atoms with Gasteiger partial charge in [0.2, 0.25) is 0 Å². The van der Waals surface area contributed by atoms with Gasteiger partial charge in [-0.2, -0.15) is 0 Å². The molecule has 0 bridgehead atoms. The first-order chi connectivity index (χ1) is 30.0. The van der Waals surface area contributed by atoms with Crippen LogP contribution in [0.25, 0.3) is 10.4 Å². The fraction of sp³-hybridized carbons (Fsp3) is 0.943. The molecule has 0 aliphatic heterocycles. The Balaban J connectivity index is 2.97. The predicted molar refractivity (Wildman–Crippen MR) is 226 cm³/mol. The van der Waals surface area contributed by atoms with Crippen LogP contribution in [0.5, 0.6) is 0 Å². The van der Waals surface area contributed by atoms with Crippen LogP contribution < -0.4 is 0 Å². The summed E-state index contributed by atoms with van der Waals surface area (Å²) in [5, 5.41) is 25.2. The fourth-order valence-electron chi connectivity index (χ4n) is 6.76. The molecule has 376 valence electrons. The zero-order valence-electron chi connectivity index (χ0n) is 36.2. The summed E-state index contributed by atoms with van der Waals surface area (Å²) in [5.74, 6) is -1.46. The largest absolute Gasteiger partial charge is 0.472 e. The maximum atomic E-state index is 13.2. The first-order valence-corrected chi connectivity index (χ1v) is 27.7. The predicted octanol–water partition coefficient (Wildman–Crippen LogP) is 6.03. The van der Waals surface area contributed by atoms with Gasteiger partial charge < -0.3 is 53.9 Å². The van der Waals surface area contributed by atoms with Crippen LogP contribution in [0.3, 0.4) is 0 Å². The molecule has 0 aromatic heterocycles. The lowest BCUT2D eigenvalue weighted by atomic mass is 9.85. The molecule has 0 saturated heterocycles. The van der Waals surface area contributed by atoms with Crippen LogP contribution in [0.15, 0.2) is 5.11 Å². The zero-order valence-corrected chi connectivity index (χ0v) is 39.8. The second-order valence-corrected chi connectivity index (χ2v) is 20.4. The van der Waals surface area contributed by atoms with Gasteiger partial charge in [0.05, 0.1) is 6.61 Å². The van der Waals surface area contributed by atoms with Gasteiger partial charge in [-0.3, -0.25) is 32.2 Å². The highest BCUT2D eigenvalue weighted by molar-refractivity contribution is 7.47. The normalized spacial score (nSPS) is 22.0. The molecule has 1 aliphatic carbocycles. The van der Waals surface area contributed by atoms with E-state index in [-0.39, 0.29) is 12.8 Å². The summed E-state index contributed by atoms with van der Waals surface area (Å²) < 4.78 is 81.7. The Morgan fingerprint density at radius 3 is 1.36 bits per heavy atom. The maximum Gasteiger partial charge on any atom is 0.472 e. The molecule has 0 radical (unpaired) electrons. The molecule has 9 N–H and O–H groups in total. The van der Waals surface area contributed by atoms with Crippen LogP contribution >= 0.6 is 31.3 Å². The van der Waals surface area contributed by atoms with Crippen LogP contribution in [0.2, 0.25) is 0 Å². The third-order valence-corrected chi connectivity index (χ3v) is 12.4. The number of phosphoric acid groups is 4. The minimum absolute atomic E-state index is 0.0150. The molecule has 1 fully saturated rings. The van der Waals surface area contributed by atoms with Crippen molar-refractivity contribution in [3.05, 3.63) is 10.4 Å². The number of phosphoric ester groups is 4. The second-order valence-electron chi connectivity index (χ2n) is 15.5. The lowest BCUT2D eigenvalue weighted by Gasteiger charge is -2.45. The van der Waals surface area contributed by atoms with E-state index in [1.165, 1.54) is 44.9 Å². The average Bonchev–Trinajstić information content (AvgIpc) is 3.18. The number of carbonyl (C=O) groups is 2. The van der Waals surface area contributed by atoms with Gasteiger partial charge in [0.25, 0.3) is 0 Å². The van der Waals surface area contributed by atoms with Crippen molar-refractivity contribution in [2.75, 3.05) is 19.8 Å². The molecule has 0 aromatic carbocycles. The Labute approximate surface area is 373 Å². The van der Waals surface area contributed by atoms with Gasteiger partial charge in [0.15, 0.2) is 6.10 Å². The quantitative estimate of drug-likeness (QED) is 0.00851. The van der Waals surface area contributed by atoms with E-state index in [1.54, 1.807) is 0 Å². The van der Waals surface area contributed by atoms with Crippen LogP contribution in [0.1, 0.15) is 148 Å². The van der Waals surface area contributed by atoms with Crippen molar-refractivity contribution in [1.82, 2.24) is 0 Å². The molecule has 64 heavy (non-hydrogen) atoms. The lowest BCUT2D eigenvalue weighted by Crippen LogP contribution is -2.65. The number of nitrogens with zero attached hydrogens (tertiary/aromatic N) is 3. The Hall–Kier alpha value is -1.39. The molecular formula is C35H69N3O22P4. The van der Waals surface area contributed by atoms with E-state index in [0.29, 0.717) is 32.2 Å². The Bertz CT molecular complexity index is 1540. The highest BCUT2D eigenvalue weighted by Crippen LogP contribution is 2.53. The number of hydrogen-bond acceptors (Lipinski definition) is 16. The number of unbranched alkanes of at least 4 members (excludes halogenated alkanes) is 18. The SMILES string of the molecule is CCCCCCCCCCCCCCCC(=O)O[C@H](COC(=O)CCCCCCCCCN=[N+]=[N-])COP(=O)(O)OC1C(O)[C@H](OP(=O)(O)O)C(OP(=O)(O)O)[C@H](OP(=O)(O)O)[C@@H]1O. The number of rotatable bonds is 38. The van der Waals surface area contributed by atoms with E-state index in [4.69, 9.17) is 24.1 Å². The van der Waals surface area contributed by atoms with E-state index >= 15 is 0 Å². The van der Waals surface area contributed by atoms with Crippen molar-refractivity contribution < 1.29 is 104 Å². The molecular weight excluding hydrogens is 938 g/mol. The monoisotopic (exact) mass is 1010 g/mol. The topological polar surface area (TPSA) is 398 Å². The summed E-state index contributed by atoms with van der Waals surface area (Å²) in [5.41, 5.74) is 8.33. The van der Waals surface area contributed by atoms with Gasteiger partial charge in [0, 0.05) is 24.3 Å². The first kappa shape index (κ1) is 60.6. The Morgan fingerprint density at radius 2 is 0.938 bits per heavy atom. The van der Waals surface area contributed by atoms with Crippen LogP contribution in [0.4, 0.5) is 0 Å². The molecule has 0 spiro atoms. The smallest absolute Gasteiger partial charge is 0.462 e. The summed E-state index contributed by atoms with van der Waals surface area (Å²) in [6.45, 7) is 0.913. The van der Waals surface area contributed by atoms with Gasteiger partial charge in [0.1, 0.15) is 43.2 Å². The van der Waals surface area contributed by atoms with Gasteiger partial charge >= 0.3 is 43.2 Å². The fourth-order valence-corrected chi connectivity index (χ4v) is 9.42. The molecule has 29 heteroatoms. The number of azide groups is 1. The summed E-state index contributed by atoms with van der Waals surface area (Å²) in [6, 6.07) is 0. The third kappa shape index (κ3) is 30.1. The van der Waals surface area contributed by atoms with Gasteiger partial charge in [-0.05, 0) is 24.8 Å². The molecule has 4 unspecified atom stereocenters. The van der Waals surface area contributed by atoms with Crippen molar-refractivity contribution >= 4 is 43.2 Å². The molecule has 25 nitrogen and oxygen atoms in total. The summed E-state index contributed by atoms with van der Waals surface area (Å²) in [7, 11) is -23.0. The van der Waals surface area contributed by atoms with Crippen LogP contribution in [0, 0.1) is 0 Å².